The van der Waals surface area contributed by atoms with E-state index in [1.807, 2.05) is 0 Å². The van der Waals surface area contributed by atoms with Crippen LogP contribution in [0, 0.1) is 30.6 Å². The number of fused-ring (bicyclic) bond motifs is 14. The molecule has 0 unspecified atom stereocenters. The molecule has 3 aliphatic rings. The van der Waals surface area contributed by atoms with Crippen LogP contribution in [0.5, 0.6) is 23.0 Å². The number of carbonyl (C=O) groups excluding carboxylic acids is 3. The Bertz CT molecular complexity index is 1880. The lowest BCUT2D eigenvalue weighted by atomic mass is 9.78. The predicted molar refractivity (Wildman–Crippen MR) is 201 cm³/mol. The Labute approximate surface area is 315 Å². The summed E-state index contributed by atoms with van der Waals surface area (Å²) in [5, 5.41) is 59.9. The van der Waals surface area contributed by atoms with Gasteiger partial charge in [-0.05, 0) is 34.0 Å². The molecule has 54 heavy (non-hydrogen) atoms. The van der Waals surface area contributed by atoms with Gasteiger partial charge in [0.25, 0.3) is 11.7 Å². The summed E-state index contributed by atoms with van der Waals surface area (Å²) in [7, 11) is 4.86. The Hall–Kier alpha value is -4.63. The van der Waals surface area contributed by atoms with Crippen LogP contribution < -0.4 is 10.1 Å². The van der Waals surface area contributed by atoms with E-state index in [-0.39, 0.29) is 51.0 Å². The highest BCUT2D eigenvalue weighted by Gasteiger charge is 2.50. The molecule has 0 saturated carbocycles. The number of phenolic OH excluding ortho intramolecular Hbond substituents is 3. The molecule has 0 radical (unpaired) electrons. The number of hydrogen-bond acceptors (Lipinski definition) is 13. The number of rotatable bonds is 4. The van der Waals surface area contributed by atoms with Crippen LogP contribution >= 0.6 is 0 Å². The summed E-state index contributed by atoms with van der Waals surface area (Å²) in [4.78, 5) is 41.7. The van der Waals surface area contributed by atoms with Gasteiger partial charge in [-0.2, -0.15) is 0 Å². The van der Waals surface area contributed by atoms with Gasteiger partial charge in [0.2, 0.25) is 0 Å². The van der Waals surface area contributed by atoms with Crippen molar-refractivity contribution in [2.24, 2.45) is 23.7 Å². The number of Topliss-reactive ketones (excluding diaryl/α,β-unsaturated/α-hetero) is 1. The van der Waals surface area contributed by atoms with Gasteiger partial charge in [0.05, 0.1) is 41.2 Å². The van der Waals surface area contributed by atoms with E-state index in [0.717, 1.165) is 0 Å². The maximum atomic E-state index is 14.2. The largest absolute Gasteiger partial charge is 0.507 e. The SMILES string of the molecule is CO[C@@H]1/C=C\O[C@]2(C)Oc3c(C)c(O)c4c(O)c(c(CN(C)C)c(O)c4c3C2=O)NC(=O)/C(C)=C\C=C[C@@H](C)[C@H](O)[C@H](C)[C@@H](O)[C@H](C)[C@H](OC(C)=O)[C@H]1C. The van der Waals surface area contributed by atoms with Crippen molar-refractivity contribution in [3.63, 3.8) is 0 Å². The zero-order chi connectivity index (χ0) is 40.6. The smallest absolute Gasteiger partial charge is 0.312 e. The quantitative estimate of drug-likeness (QED) is 0.141. The normalized spacial score (nSPS) is 31.2. The highest BCUT2D eigenvalue weighted by atomic mass is 16.7. The van der Waals surface area contributed by atoms with Crippen LogP contribution in [0.25, 0.3) is 10.8 Å². The van der Waals surface area contributed by atoms with Gasteiger partial charge in [0.15, 0.2) is 5.75 Å². The van der Waals surface area contributed by atoms with E-state index in [2.05, 4.69) is 5.32 Å². The molecule has 5 bridgehead atoms. The van der Waals surface area contributed by atoms with E-state index in [1.54, 1.807) is 58.8 Å². The Balaban J connectivity index is 1.96. The van der Waals surface area contributed by atoms with Crippen molar-refractivity contribution in [1.82, 2.24) is 4.90 Å². The molecule has 0 saturated heterocycles. The number of amides is 1. The van der Waals surface area contributed by atoms with Crippen LogP contribution in [0.15, 0.2) is 36.1 Å². The maximum Gasteiger partial charge on any atom is 0.312 e. The first-order chi connectivity index (χ1) is 25.2. The molecular formula is C40H54N2O12. The van der Waals surface area contributed by atoms with Gasteiger partial charge in [-0.15, -0.1) is 0 Å². The lowest BCUT2D eigenvalue weighted by molar-refractivity contribution is -0.160. The first-order valence-electron chi connectivity index (χ1n) is 17.9. The number of aliphatic hydroxyl groups is 2. The van der Waals surface area contributed by atoms with Gasteiger partial charge in [-0.25, -0.2) is 0 Å². The Morgan fingerprint density at radius 2 is 1.59 bits per heavy atom. The van der Waals surface area contributed by atoms with Crippen LogP contribution in [-0.4, -0.2) is 99.5 Å². The number of benzene rings is 2. The number of ether oxygens (including phenoxy) is 4. The molecule has 0 aromatic heterocycles. The summed E-state index contributed by atoms with van der Waals surface area (Å²) >= 11 is 0. The molecule has 2 aromatic carbocycles. The molecule has 5 rings (SSSR count). The number of aliphatic hydroxyl groups excluding tert-OH is 2. The molecule has 3 heterocycles. The van der Waals surface area contributed by atoms with Crippen molar-refractivity contribution in [3.8, 4) is 23.0 Å². The zero-order valence-electron chi connectivity index (χ0n) is 32.8. The van der Waals surface area contributed by atoms with Gasteiger partial charge in [0, 0.05) is 73.3 Å². The minimum Gasteiger partial charge on any atom is -0.507 e. The molecule has 3 aliphatic heterocycles. The first kappa shape index (κ1) is 42.1. The van der Waals surface area contributed by atoms with Crippen molar-refractivity contribution in [3.05, 3.63) is 52.8 Å². The monoisotopic (exact) mass is 754 g/mol. The Morgan fingerprint density at radius 3 is 2.19 bits per heavy atom. The topological polar surface area (TPSA) is 205 Å². The van der Waals surface area contributed by atoms with Crippen LogP contribution in [0.2, 0.25) is 0 Å². The number of anilines is 1. The molecule has 0 fully saturated rings. The number of esters is 1. The molecule has 0 spiro atoms. The highest BCUT2D eigenvalue weighted by molar-refractivity contribution is 6.22. The summed E-state index contributed by atoms with van der Waals surface area (Å²) in [6, 6.07) is 0. The summed E-state index contributed by atoms with van der Waals surface area (Å²) in [6.45, 7) is 12.6. The molecule has 1 amide bonds. The lowest BCUT2D eigenvalue weighted by Crippen LogP contribution is -2.46. The fraction of sp³-hybridized carbons (Fsp3) is 0.525. The molecule has 6 N–H and O–H groups in total. The van der Waals surface area contributed by atoms with Gasteiger partial charge in [0.1, 0.15) is 23.4 Å². The van der Waals surface area contributed by atoms with Crippen LogP contribution in [0.4, 0.5) is 5.69 Å². The first-order valence-corrected chi connectivity index (χ1v) is 17.9. The van der Waals surface area contributed by atoms with Crippen molar-refractivity contribution >= 4 is 34.1 Å². The van der Waals surface area contributed by atoms with Crippen LogP contribution in [-0.2, 0) is 30.3 Å². The fourth-order valence-corrected chi connectivity index (χ4v) is 7.26. The molecule has 14 nitrogen and oxygen atoms in total. The molecular weight excluding hydrogens is 700 g/mol. The maximum absolute atomic E-state index is 14.2. The minimum absolute atomic E-state index is 0.00552. The second-order valence-electron chi connectivity index (χ2n) is 14.9. The summed E-state index contributed by atoms with van der Waals surface area (Å²) in [6.07, 6.45) is 3.65. The number of allylic oxidation sites excluding steroid dienone is 2. The third-order valence-corrected chi connectivity index (χ3v) is 10.6. The molecule has 296 valence electrons. The van der Waals surface area contributed by atoms with E-state index in [0.29, 0.717) is 0 Å². The average Bonchev–Trinajstić information content (AvgIpc) is 3.38. The predicted octanol–water partition coefficient (Wildman–Crippen LogP) is 4.82. The van der Waals surface area contributed by atoms with E-state index < -0.39 is 88.8 Å². The third-order valence-electron chi connectivity index (χ3n) is 10.6. The number of methoxy groups -OCH3 is 1. The number of nitrogens with one attached hydrogen (secondary N) is 1. The number of phenols is 3. The second kappa shape index (κ2) is 16.4. The summed E-state index contributed by atoms with van der Waals surface area (Å²) in [5.74, 6) is -7.98. The van der Waals surface area contributed by atoms with E-state index in [4.69, 9.17) is 18.9 Å². The van der Waals surface area contributed by atoms with Crippen LogP contribution in [0.1, 0.15) is 70.0 Å². The molecule has 14 heteroatoms. The van der Waals surface area contributed by atoms with E-state index >= 15 is 0 Å². The number of nitrogens with zero attached hydrogens (tertiary/aromatic N) is 1. The minimum atomic E-state index is -2.01. The van der Waals surface area contributed by atoms with E-state index in [9.17, 15) is 39.9 Å². The highest BCUT2D eigenvalue weighted by Crippen LogP contribution is 2.55. The second-order valence-corrected chi connectivity index (χ2v) is 14.9. The van der Waals surface area contributed by atoms with Gasteiger partial charge in [-0.1, -0.05) is 45.9 Å². The third kappa shape index (κ3) is 7.92. The zero-order valence-corrected chi connectivity index (χ0v) is 32.8. The number of aromatic hydroxyl groups is 3. The van der Waals surface area contributed by atoms with Crippen molar-refractivity contribution in [2.75, 3.05) is 26.5 Å². The summed E-state index contributed by atoms with van der Waals surface area (Å²) in [5.41, 5.74) is 0.0370. The Morgan fingerprint density at radius 1 is 0.944 bits per heavy atom. The van der Waals surface area contributed by atoms with Crippen molar-refractivity contribution in [2.45, 2.75) is 92.1 Å². The fourth-order valence-electron chi connectivity index (χ4n) is 7.26. The number of ketones is 1. The molecule has 2 aromatic rings. The van der Waals surface area contributed by atoms with Crippen molar-refractivity contribution < 1.29 is 58.9 Å². The van der Waals surface area contributed by atoms with E-state index in [1.165, 1.54) is 53.2 Å². The lowest BCUT2D eigenvalue weighted by Gasteiger charge is -2.38. The summed E-state index contributed by atoms with van der Waals surface area (Å²) < 4.78 is 23.5. The number of carbonyl (C=O) groups is 3. The van der Waals surface area contributed by atoms with Crippen molar-refractivity contribution in [1.29, 1.82) is 0 Å². The van der Waals surface area contributed by atoms with Crippen LogP contribution in [0.3, 0.4) is 0 Å². The average molecular weight is 755 g/mol. The molecule has 9 atom stereocenters. The standard InChI is InChI=1S/C40H54N2O12/c1-18-13-12-14-19(2)39(50)41-30-25(17-42(9)10)34(47)27-28(35(30)48)33(46)23(6)37-29(27)38(49)40(8,54-37)52-16-15-26(51-11)20(3)36(53-24(7)43)22(5)32(45)21(4)31(18)44/h12-16,18,20-22,26,31-32,36,44-48H,17H2,1-11H3,(H,41,50)/b13-12?,16-15-,19-14-/t18-,20+,21+,22+,26-,31+,32-,36-,40-/m1/s1. The number of hydrogen-bond donors (Lipinski definition) is 6. The molecule has 0 aliphatic carbocycles. The van der Waals surface area contributed by atoms with Gasteiger partial charge < -0.3 is 54.7 Å². The van der Waals surface area contributed by atoms with Gasteiger partial charge >= 0.3 is 11.8 Å². The van der Waals surface area contributed by atoms with Gasteiger partial charge in [-0.3, -0.25) is 14.4 Å². The Kier molecular flexibility index (Phi) is 12.8.